The van der Waals surface area contributed by atoms with Crippen molar-refractivity contribution in [2.45, 2.75) is 0 Å². The lowest BCUT2D eigenvalue weighted by Gasteiger charge is -2.08. The molecule has 2 aromatic carbocycles. The number of carbonyl (C=O) groups excluding carboxylic acids is 1. The topological polar surface area (TPSA) is 86.6 Å². The van der Waals surface area contributed by atoms with Gasteiger partial charge in [-0.05, 0) is 36.4 Å². The lowest BCUT2D eigenvalue weighted by atomic mass is 10.1. The highest BCUT2D eigenvalue weighted by atomic mass is 79.9. The number of anilines is 1. The summed E-state index contributed by atoms with van der Waals surface area (Å²) < 4.78 is 14.1. The summed E-state index contributed by atoms with van der Waals surface area (Å²) in [7, 11) is 0. The van der Waals surface area contributed by atoms with Gasteiger partial charge in [0, 0.05) is 10.2 Å². The monoisotopic (exact) mass is 353 g/mol. The van der Waals surface area contributed by atoms with E-state index in [1.54, 1.807) is 0 Å². The molecule has 3 N–H and O–H groups in total. The molecule has 2 aromatic rings. The summed E-state index contributed by atoms with van der Waals surface area (Å²) in [6, 6.07) is 7.44. The van der Waals surface area contributed by atoms with Crippen LogP contribution in [0.15, 0.2) is 40.9 Å². The normalized spacial score (nSPS) is 10.2. The lowest BCUT2D eigenvalue weighted by Crippen LogP contribution is -2.14. The minimum Gasteiger partial charge on any atom is -0.507 e. The van der Waals surface area contributed by atoms with Crippen LogP contribution in [0.5, 0.6) is 5.75 Å². The van der Waals surface area contributed by atoms with Gasteiger partial charge >= 0.3 is 5.97 Å². The van der Waals surface area contributed by atoms with Crippen molar-refractivity contribution in [3.05, 3.63) is 57.8 Å². The Morgan fingerprint density at radius 2 is 1.81 bits per heavy atom. The van der Waals surface area contributed by atoms with Crippen LogP contribution in [0, 0.1) is 5.82 Å². The van der Waals surface area contributed by atoms with E-state index in [0.717, 1.165) is 18.2 Å². The fourth-order valence-corrected chi connectivity index (χ4v) is 2.02. The second-order valence-electron chi connectivity index (χ2n) is 4.12. The quantitative estimate of drug-likeness (QED) is 0.739. The molecule has 0 radical (unpaired) electrons. The molecule has 108 valence electrons. The van der Waals surface area contributed by atoms with Gasteiger partial charge in [-0.25, -0.2) is 9.18 Å². The van der Waals surface area contributed by atoms with Crippen molar-refractivity contribution < 1.29 is 24.2 Å². The predicted octanol–water partition coefficient (Wildman–Crippen LogP) is 3.24. The van der Waals surface area contributed by atoms with Crippen molar-refractivity contribution in [2.24, 2.45) is 0 Å². The summed E-state index contributed by atoms with van der Waals surface area (Å²) in [6.45, 7) is 0. The van der Waals surface area contributed by atoms with Crippen molar-refractivity contribution in [3.63, 3.8) is 0 Å². The Kier molecular flexibility index (Phi) is 4.23. The van der Waals surface area contributed by atoms with Crippen molar-refractivity contribution in [1.82, 2.24) is 0 Å². The second kappa shape index (κ2) is 5.92. The van der Waals surface area contributed by atoms with E-state index in [1.165, 1.54) is 18.2 Å². The molecule has 0 aliphatic rings. The number of rotatable bonds is 3. The molecule has 0 saturated carbocycles. The van der Waals surface area contributed by atoms with Gasteiger partial charge < -0.3 is 15.5 Å². The first-order valence-electron chi connectivity index (χ1n) is 5.71. The van der Waals surface area contributed by atoms with E-state index in [9.17, 15) is 19.1 Å². The Morgan fingerprint density at radius 1 is 1.10 bits per heavy atom. The SMILES string of the molecule is O=C(O)c1cc(NC(=O)c2cc(Br)ccc2F)ccc1O. The molecule has 2 rings (SSSR count). The van der Waals surface area contributed by atoms with E-state index in [2.05, 4.69) is 21.2 Å². The summed E-state index contributed by atoms with van der Waals surface area (Å²) in [5, 5.41) is 20.6. The first-order valence-corrected chi connectivity index (χ1v) is 6.50. The van der Waals surface area contributed by atoms with E-state index >= 15 is 0 Å². The van der Waals surface area contributed by atoms with Crippen molar-refractivity contribution in [1.29, 1.82) is 0 Å². The summed E-state index contributed by atoms with van der Waals surface area (Å²) in [5.41, 5.74) is -0.411. The smallest absolute Gasteiger partial charge is 0.339 e. The fourth-order valence-electron chi connectivity index (χ4n) is 1.66. The number of aromatic carboxylic acids is 1. The van der Waals surface area contributed by atoms with E-state index in [4.69, 9.17) is 5.11 Å². The number of phenols is 1. The molecule has 21 heavy (non-hydrogen) atoms. The zero-order valence-electron chi connectivity index (χ0n) is 10.4. The van der Waals surface area contributed by atoms with Gasteiger partial charge in [-0.2, -0.15) is 0 Å². The highest BCUT2D eigenvalue weighted by molar-refractivity contribution is 9.10. The van der Waals surface area contributed by atoms with Gasteiger partial charge in [0.2, 0.25) is 0 Å². The van der Waals surface area contributed by atoms with E-state index < -0.39 is 23.4 Å². The number of carboxylic acids is 1. The molecule has 1 amide bonds. The highest BCUT2D eigenvalue weighted by Crippen LogP contribution is 2.23. The largest absolute Gasteiger partial charge is 0.507 e. The van der Waals surface area contributed by atoms with Crippen molar-refractivity contribution in [3.8, 4) is 5.75 Å². The Bertz CT molecular complexity index is 733. The Balaban J connectivity index is 2.29. The molecule has 0 atom stereocenters. The molecule has 0 saturated heterocycles. The van der Waals surface area contributed by atoms with Crippen LogP contribution in [-0.4, -0.2) is 22.1 Å². The fraction of sp³-hybridized carbons (Fsp3) is 0. The highest BCUT2D eigenvalue weighted by Gasteiger charge is 2.15. The predicted molar refractivity (Wildman–Crippen MR) is 77.1 cm³/mol. The molecule has 0 heterocycles. The maximum absolute atomic E-state index is 13.6. The van der Waals surface area contributed by atoms with E-state index in [1.807, 2.05) is 0 Å². The van der Waals surface area contributed by atoms with Gasteiger partial charge in [-0.1, -0.05) is 15.9 Å². The van der Waals surface area contributed by atoms with Crippen LogP contribution in [0.25, 0.3) is 0 Å². The number of benzene rings is 2. The Hall–Kier alpha value is -2.41. The van der Waals surface area contributed by atoms with Crippen LogP contribution < -0.4 is 5.32 Å². The third-order valence-electron chi connectivity index (χ3n) is 2.66. The number of aromatic hydroxyl groups is 1. The molecule has 0 fully saturated rings. The standard InChI is InChI=1S/C14H9BrFNO4/c15-7-1-3-11(16)9(5-7)13(19)17-8-2-4-12(18)10(6-8)14(20)21/h1-6,18H,(H,17,19)(H,20,21). The zero-order chi connectivity index (χ0) is 15.6. The molecular weight excluding hydrogens is 345 g/mol. The molecule has 0 unspecified atom stereocenters. The summed E-state index contributed by atoms with van der Waals surface area (Å²) in [5.74, 6) is -3.19. The molecular formula is C14H9BrFNO4. The number of carboxylic acid groups (broad SMARTS) is 1. The average molecular weight is 354 g/mol. The third-order valence-corrected chi connectivity index (χ3v) is 3.15. The Morgan fingerprint density at radius 3 is 2.48 bits per heavy atom. The molecule has 0 aliphatic heterocycles. The molecule has 7 heteroatoms. The molecule has 0 aliphatic carbocycles. The van der Waals surface area contributed by atoms with Gasteiger partial charge in [0.25, 0.3) is 5.91 Å². The molecule has 5 nitrogen and oxygen atoms in total. The average Bonchev–Trinajstić information content (AvgIpc) is 2.43. The molecule has 0 spiro atoms. The molecule has 0 aromatic heterocycles. The van der Waals surface area contributed by atoms with Gasteiger partial charge in [0.15, 0.2) is 0 Å². The first kappa shape index (κ1) is 15.0. The lowest BCUT2D eigenvalue weighted by molar-refractivity contribution is 0.0693. The minimum absolute atomic E-state index is 0.134. The number of halogens is 2. The number of nitrogens with one attached hydrogen (secondary N) is 1. The number of hydrogen-bond donors (Lipinski definition) is 3. The van der Waals surface area contributed by atoms with Gasteiger partial charge in [0.05, 0.1) is 5.56 Å². The van der Waals surface area contributed by atoms with Crippen LogP contribution in [-0.2, 0) is 0 Å². The Labute approximate surface area is 127 Å². The first-order chi connectivity index (χ1) is 9.88. The number of carbonyl (C=O) groups is 2. The van der Waals surface area contributed by atoms with Crippen LogP contribution in [0.4, 0.5) is 10.1 Å². The summed E-state index contributed by atoms with van der Waals surface area (Å²) >= 11 is 3.13. The summed E-state index contributed by atoms with van der Waals surface area (Å²) in [6.07, 6.45) is 0. The molecule has 0 bridgehead atoms. The van der Waals surface area contributed by atoms with Crippen LogP contribution >= 0.6 is 15.9 Å². The second-order valence-corrected chi connectivity index (χ2v) is 5.03. The van der Waals surface area contributed by atoms with Gasteiger partial charge in [-0.15, -0.1) is 0 Å². The maximum atomic E-state index is 13.6. The minimum atomic E-state index is -1.34. The van der Waals surface area contributed by atoms with E-state index in [-0.39, 0.29) is 16.8 Å². The van der Waals surface area contributed by atoms with Crippen molar-refractivity contribution in [2.75, 3.05) is 5.32 Å². The van der Waals surface area contributed by atoms with Gasteiger partial charge in [-0.3, -0.25) is 4.79 Å². The van der Waals surface area contributed by atoms with Crippen LogP contribution in [0.3, 0.4) is 0 Å². The third kappa shape index (κ3) is 3.38. The van der Waals surface area contributed by atoms with Gasteiger partial charge in [0.1, 0.15) is 17.1 Å². The van der Waals surface area contributed by atoms with Crippen molar-refractivity contribution >= 4 is 33.5 Å². The van der Waals surface area contributed by atoms with E-state index in [0.29, 0.717) is 4.47 Å². The van der Waals surface area contributed by atoms with Crippen LogP contribution in [0.1, 0.15) is 20.7 Å². The summed E-state index contributed by atoms with van der Waals surface area (Å²) in [4.78, 5) is 22.9. The maximum Gasteiger partial charge on any atom is 0.339 e. The number of amides is 1. The zero-order valence-corrected chi connectivity index (χ0v) is 12.0. The number of hydrogen-bond acceptors (Lipinski definition) is 3. The van der Waals surface area contributed by atoms with Crippen LogP contribution in [0.2, 0.25) is 0 Å².